The Hall–Kier alpha value is -1.42. The highest BCUT2D eigenvalue weighted by molar-refractivity contribution is 5.69. The average Bonchev–Trinajstić information content (AvgIpc) is 3.16. The van der Waals surface area contributed by atoms with Crippen molar-refractivity contribution in [3.05, 3.63) is 0 Å². The van der Waals surface area contributed by atoms with E-state index in [2.05, 4.69) is 18.7 Å². The van der Waals surface area contributed by atoms with Crippen molar-refractivity contribution < 1.29 is 38.4 Å². The molecule has 4 fully saturated rings. The number of ether oxygens (including phenoxy) is 5. The van der Waals surface area contributed by atoms with Crippen LogP contribution < -0.4 is 0 Å². The lowest BCUT2D eigenvalue weighted by Crippen LogP contribution is -2.46. The molecule has 4 aliphatic carbocycles. The largest absolute Gasteiger partial charge is 0.508 e. The molecule has 0 radical (unpaired) electrons. The smallest absolute Gasteiger partial charge is 0.466 e. The summed E-state index contributed by atoms with van der Waals surface area (Å²) in [5, 5.41) is 9.56. The number of nitrogens with zero attached hydrogens (tertiary/aromatic N) is 1. The highest BCUT2D eigenvalue weighted by Crippen LogP contribution is 2.61. The first-order valence-corrected chi connectivity index (χ1v) is 23.5. The Morgan fingerprint density at radius 1 is 0.582 bits per heavy atom. The third-order valence-electron chi connectivity index (χ3n) is 12.6. The standard InChI is InChI=1S/C46H85NO8/c1-3-5-7-9-12-19-30-52-44(53-31-20-13-10-8-6-4-2)23-22-43(49)51-29-18-14-11-16-25-47(27-28-48)26-17-15-21-32-54-45(50)55-33-24-46-37-40-34-41(38-46)36-42(35-40)39-46/h40-42,44,48H,3-39H2,1-2H3. The summed E-state index contributed by atoms with van der Waals surface area (Å²) in [7, 11) is 0. The summed E-state index contributed by atoms with van der Waals surface area (Å²) in [5.74, 6) is 2.60. The molecule has 0 atom stereocenters. The van der Waals surface area contributed by atoms with Crippen LogP contribution in [-0.2, 0) is 28.5 Å². The van der Waals surface area contributed by atoms with E-state index in [1.54, 1.807) is 0 Å². The van der Waals surface area contributed by atoms with Gasteiger partial charge in [-0.2, -0.15) is 0 Å². The first kappa shape index (κ1) is 48.0. The number of aliphatic hydroxyl groups excluding tert-OH is 1. The van der Waals surface area contributed by atoms with Crippen molar-refractivity contribution in [2.45, 2.75) is 200 Å². The predicted molar refractivity (Wildman–Crippen MR) is 221 cm³/mol. The van der Waals surface area contributed by atoms with E-state index < -0.39 is 6.16 Å². The van der Waals surface area contributed by atoms with Gasteiger partial charge in [-0.1, -0.05) is 90.9 Å². The van der Waals surface area contributed by atoms with E-state index >= 15 is 0 Å². The Bertz CT molecular complexity index is 909. The van der Waals surface area contributed by atoms with E-state index in [-0.39, 0.29) is 18.9 Å². The van der Waals surface area contributed by atoms with Crippen molar-refractivity contribution in [2.24, 2.45) is 23.2 Å². The van der Waals surface area contributed by atoms with Crippen LogP contribution in [0.4, 0.5) is 4.79 Å². The second-order valence-corrected chi connectivity index (χ2v) is 17.6. The molecule has 4 aliphatic rings. The number of rotatable bonds is 37. The zero-order valence-corrected chi connectivity index (χ0v) is 35.7. The third-order valence-corrected chi connectivity index (χ3v) is 12.6. The van der Waals surface area contributed by atoms with Crippen molar-refractivity contribution >= 4 is 12.1 Å². The lowest BCUT2D eigenvalue weighted by atomic mass is 9.49. The van der Waals surface area contributed by atoms with E-state index in [1.165, 1.54) is 103 Å². The number of hydrogen-bond acceptors (Lipinski definition) is 9. The molecule has 0 amide bonds. The fourth-order valence-electron chi connectivity index (χ4n) is 9.93. The molecule has 0 spiro atoms. The number of aliphatic hydroxyl groups is 1. The molecule has 0 aromatic carbocycles. The van der Waals surface area contributed by atoms with Crippen LogP contribution in [0.15, 0.2) is 0 Å². The van der Waals surface area contributed by atoms with Gasteiger partial charge in [0, 0.05) is 26.2 Å². The molecular weight excluding hydrogens is 695 g/mol. The fourth-order valence-corrected chi connectivity index (χ4v) is 9.93. The fraction of sp³-hybridized carbons (Fsp3) is 0.957. The maximum atomic E-state index is 12.5. The number of carbonyl (C=O) groups is 2. The number of unbranched alkanes of at least 4 members (excludes halogenated alkanes) is 15. The Morgan fingerprint density at radius 3 is 1.58 bits per heavy atom. The Kier molecular flexibility index (Phi) is 26.7. The summed E-state index contributed by atoms with van der Waals surface area (Å²) in [6.45, 7) is 9.92. The van der Waals surface area contributed by atoms with Crippen LogP contribution in [0, 0.1) is 23.2 Å². The van der Waals surface area contributed by atoms with Crippen LogP contribution in [0.2, 0.25) is 0 Å². The van der Waals surface area contributed by atoms with Crippen molar-refractivity contribution in [1.82, 2.24) is 4.90 Å². The van der Waals surface area contributed by atoms with Crippen LogP contribution in [0.1, 0.15) is 194 Å². The summed E-state index contributed by atoms with van der Waals surface area (Å²) in [6.07, 6.45) is 30.9. The zero-order chi connectivity index (χ0) is 39.2. The molecule has 9 nitrogen and oxygen atoms in total. The summed E-state index contributed by atoms with van der Waals surface area (Å²) < 4.78 is 28.5. The first-order chi connectivity index (χ1) is 26.9. The van der Waals surface area contributed by atoms with Gasteiger partial charge < -0.3 is 33.7 Å². The minimum Gasteiger partial charge on any atom is -0.466 e. The highest BCUT2D eigenvalue weighted by Gasteiger charge is 2.50. The summed E-state index contributed by atoms with van der Waals surface area (Å²) in [4.78, 5) is 27.0. The Balaban J connectivity index is 1.14. The van der Waals surface area contributed by atoms with E-state index in [4.69, 9.17) is 23.7 Å². The van der Waals surface area contributed by atoms with Gasteiger partial charge in [0.25, 0.3) is 0 Å². The SMILES string of the molecule is CCCCCCCCOC(CCC(=O)OCCCCCCN(CCO)CCCCCOC(=O)OCCC12CC3CC(CC(C3)C1)C2)OCCCCCCCC. The van der Waals surface area contributed by atoms with E-state index in [1.807, 2.05) is 0 Å². The summed E-state index contributed by atoms with van der Waals surface area (Å²) >= 11 is 0. The molecule has 4 bridgehead atoms. The van der Waals surface area contributed by atoms with Crippen LogP contribution in [0.5, 0.6) is 0 Å². The Morgan fingerprint density at radius 2 is 1.04 bits per heavy atom. The molecule has 0 heterocycles. The summed E-state index contributed by atoms with van der Waals surface area (Å²) in [5.41, 5.74) is 0.430. The summed E-state index contributed by atoms with van der Waals surface area (Å²) in [6, 6.07) is 0. The molecule has 55 heavy (non-hydrogen) atoms. The predicted octanol–water partition coefficient (Wildman–Crippen LogP) is 11.2. The molecule has 4 saturated carbocycles. The molecule has 4 rings (SSSR count). The van der Waals surface area contributed by atoms with E-state index in [9.17, 15) is 14.7 Å². The van der Waals surface area contributed by atoms with E-state index in [0.717, 1.165) is 95.1 Å². The van der Waals surface area contributed by atoms with Gasteiger partial charge in [0.15, 0.2) is 6.29 Å². The van der Waals surface area contributed by atoms with Crippen molar-refractivity contribution in [3.63, 3.8) is 0 Å². The van der Waals surface area contributed by atoms with Gasteiger partial charge >= 0.3 is 12.1 Å². The lowest BCUT2D eigenvalue weighted by Gasteiger charge is -2.57. The molecule has 1 N–H and O–H groups in total. The molecule has 322 valence electrons. The molecule has 0 aromatic rings. The molecule has 0 saturated heterocycles. The van der Waals surface area contributed by atoms with Crippen molar-refractivity contribution in [1.29, 1.82) is 0 Å². The van der Waals surface area contributed by atoms with Gasteiger partial charge in [-0.3, -0.25) is 4.79 Å². The normalized spacial score (nSPS) is 21.5. The number of hydrogen-bond donors (Lipinski definition) is 1. The van der Waals surface area contributed by atoms with Crippen LogP contribution in [-0.4, -0.2) is 87.7 Å². The number of esters is 1. The molecule has 0 aromatic heterocycles. The first-order valence-electron chi connectivity index (χ1n) is 23.5. The quantitative estimate of drug-likeness (QED) is 0.0375. The molecule has 0 aliphatic heterocycles. The van der Waals surface area contributed by atoms with Gasteiger partial charge in [-0.25, -0.2) is 4.79 Å². The van der Waals surface area contributed by atoms with Gasteiger partial charge in [0.05, 0.1) is 32.8 Å². The molecule has 0 unspecified atom stereocenters. The Labute approximate surface area is 337 Å². The zero-order valence-electron chi connectivity index (χ0n) is 35.7. The van der Waals surface area contributed by atoms with Crippen LogP contribution >= 0.6 is 0 Å². The average molecular weight is 780 g/mol. The minimum atomic E-state index is -0.512. The van der Waals surface area contributed by atoms with Gasteiger partial charge in [0.1, 0.15) is 0 Å². The minimum absolute atomic E-state index is 0.156. The molecule has 9 heteroatoms. The monoisotopic (exact) mass is 780 g/mol. The van der Waals surface area contributed by atoms with E-state index in [0.29, 0.717) is 57.8 Å². The number of carbonyl (C=O) groups excluding carboxylic acids is 2. The van der Waals surface area contributed by atoms with Gasteiger partial charge in [-0.15, -0.1) is 0 Å². The maximum Gasteiger partial charge on any atom is 0.508 e. The van der Waals surface area contributed by atoms with Crippen molar-refractivity contribution in [2.75, 3.05) is 59.3 Å². The second kappa shape index (κ2) is 30.6. The van der Waals surface area contributed by atoms with Gasteiger partial charge in [-0.05, 0) is 126 Å². The topological polar surface area (TPSA) is 104 Å². The van der Waals surface area contributed by atoms with Crippen molar-refractivity contribution in [3.8, 4) is 0 Å². The second-order valence-electron chi connectivity index (χ2n) is 17.6. The third kappa shape index (κ3) is 22.4. The maximum absolute atomic E-state index is 12.5. The van der Waals surface area contributed by atoms with Crippen LogP contribution in [0.3, 0.4) is 0 Å². The molecular formula is C46H85NO8. The van der Waals surface area contributed by atoms with Gasteiger partial charge in [0.2, 0.25) is 0 Å². The van der Waals surface area contributed by atoms with Crippen LogP contribution in [0.25, 0.3) is 0 Å². The highest BCUT2D eigenvalue weighted by atomic mass is 16.7. The lowest BCUT2D eigenvalue weighted by molar-refractivity contribution is -0.159.